The molecular weight excluding hydrogens is 847 g/mol. The number of amides is 8. The molecule has 8 amide bonds. The zero-order chi connectivity index (χ0) is 47.3. The molecule has 0 aliphatic carbocycles. The number of fused-ring (bicyclic) bond motifs is 1. The first-order valence-corrected chi connectivity index (χ1v) is 21.5. The minimum Gasteiger partial charge on any atom is -0.489 e. The van der Waals surface area contributed by atoms with Crippen LogP contribution in [0, 0.1) is 0 Å². The van der Waals surface area contributed by atoms with E-state index in [2.05, 4.69) is 57.0 Å². The van der Waals surface area contributed by atoms with Gasteiger partial charge in [0.25, 0.3) is 5.91 Å². The third-order valence-electron chi connectivity index (χ3n) is 11.0. The van der Waals surface area contributed by atoms with Crippen LogP contribution in [0.3, 0.4) is 0 Å². The van der Waals surface area contributed by atoms with E-state index in [1.165, 1.54) is 24.8 Å². The molecule has 3 atom stereocenters. The molecular formula is C48H55N9O9. The van der Waals surface area contributed by atoms with E-state index in [4.69, 9.17) is 9.47 Å². The standard InChI is InChI=1S/C48H55N9O9/c1-29-6-18-41(47(63)52-29)57-25-37-22-36(12-17-40(37)33(57)5)23-50-48(64)55-38-13-15-39(16-14-38)66-27-35-10-8-34(9-11-35)26-65-28-51-46(62)32(4)54-43(59)24-49-45(61)31(3)53-42(58)20-21-56-30(2)7-19-44(56)60/h7-17,19,22,31-32,41H,1-2,5-6,18,20-21,23-28H2,3-4H3,(H,49,61)(H,51,62)(H,52,63)(H,53,58)(H,54,59)(H2,50,55,64). The topological polar surface area (TPSA) is 229 Å². The molecule has 18 heteroatoms. The average Bonchev–Trinajstić information content (AvgIpc) is 3.80. The highest BCUT2D eigenvalue weighted by Gasteiger charge is 2.35. The van der Waals surface area contributed by atoms with E-state index >= 15 is 0 Å². The maximum atomic E-state index is 12.7. The molecule has 3 aromatic rings. The number of carbonyl (C=O) groups excluding carboxylic acids is 7. The molecule has 3 aliphatic heterocycles. The summed E-state index contributed by atoms with van der Waals surface area (Å²) >= 11 is 0. The van der Waals surface area contributed by atoms with E-state index in [-0.39, 0.29) is 50.2 Å². The van der Waals surface area contributed by atoms with Crippen LogP contribution in [0.1, 0.15) is 60.9 Å². The third-order valence-corrected chi connectivity index (χ3v) is 11.0. The van der Waals surface area contributed by atoms with E-state index in [0.29, 0.717) is 43.3 Å². The Balaban J connectivity index is 0.812. The van der Waals surface area contributed by atoms with Gasteiger partial charge in [-0.1, -0.05) is 62.2 Å². The van der Waals surface area contributed by atoms with Crippen LogP contribution in [0.15, 0.2) is 110 Å². The van der Waals surface area contributed by atoms with Crippen molar-refractivity contribution in [1.29, 1.82) is 0 Å². The van der Waals surface area contributed by atoms with Gasteiger partial charge < -0.3 is 56.5 Å². The number of anilines is 1. The lowest BCUT2D eigenvalue weighted by molar-refractivity contribution is -0.131. The van der Waals surface area contributed by atoms with Crippen LogP contribution in [0.25, 0.3) is 5.70 Å². The molecule has 6 rings (SSSR count). The van der Waals surface area contributed by atoms with Crippen molar-refractivity contribution in [2.24, 2.45) is 0 Å². The van der Waals surface area contributed by atoms with E-state index < -0.39 is 42.3 Å². The normalized spacial score (nSPS) is 16.2. The van der Waals surface area contributed by atoms with E-state index in [1.54, 1.807) is 30.3 Å². The Bertz CT molecular complexity index is 2400. The first-order chi connectivity index (χ1) is 31.6. The summed E-state index contributed by atoms with van der Waals surface area (Å²) in [4.78, 5) is 90.0. The average molecular weight is 902 g/mol. The molecule has 3 unspecified atom stereocenters. The molecule has 18 nitrogen and oxygen atoms in total. The first-order valence-electron chi connectivity index (χ1n) is 21.5. The zero-order valence-corrected chi connectivity index (χ0v) is 37.0. The third kappa shape index (κ3) is 13.2. The van der Waals surface area contributed by atoms with Gasteiger partial charge in [-0.05, 0) is 79.3 Å². The Kier molecular flexibility index (Phi) is 16.1. The Morgan fingerprint density at radius 3 is 2.15 bits per heavy atom. The fourth-order valence-corrected chi connectivity index (χ4v) is 7.31. The van der Waals surface area contributed by atoms with Gasteiger partial charge in [0.1, 0.15) is 37.2 Å². The predicted octanol–water partition coefficient (Wildman–Crippen LogP) is 3.18. The van der Waals surface area contributed by atoms with Crippen LogP contribution >= 0.6 is 0 Å². The second kappa shape index (κ2) is 22.3. The Hall–Kier alpha value is -7.73. The second-order valence-corrected chi connectivity index (χ2v) is 16.0. The van der Waals surface area contributed by atoms with Gasteiger partial charge in [0.05, 0.1) is 13.2 Å². The SMILES string of the molecule is C=C1CCC(N2Cc3cc(CNC(=O)Nc4ccc(OCc5ccc(COCNC(=O)C(C)NC(=O)CNC(=O)C(C)NC(=O)CCN6C(=C)C=CC6=O)cc5)cc4)ccc3C2=C)C(=O)N1. The maximum absolute atomic E-state index is 12.7. The van der Waals surface area contributed by atoms with Crippen LogP contribution < -0.4 is 42.0 Å². The highest BCUT2D eigenvalue weighted by Crippen LogP contribution is 2.36. The highest BCUT2D eigenvalue weighted by molar-refractivity contribution is 5.94. The number of hydrogen-bond donors (Lipinski definition) is 7. The van der Waals surface area contributed by atoms with Crippen LogP contribution in [0.2, 0.25) is 0 Å². The number of urea groups is 1. The van der Waals surface area contributed by atoms with Crippen LogP contribution in [0.5, 0.6) is 5.75 Å². The molecule has 0 bridgehead atoms. The molecule has 3 aliphatic rings. The summed E-state index contributed by atoms with van der Waals surface area (Å²) in [5, 5.41) is 18.6. The minimum absolute atomic E-state index is 0.0352. The fraction of sp³-hybridized carbons (Fsp3) is 0.312. The number of rotatable bonds is 20. The number of piperidine rings is 1. The van der Waals surface area contributed by atoms with Crippen LogP contribution in [-0.4, -0.2) is 89.2 Å². The number of nitrogens with one attached hydrogen (secondary N) is 7. The van der Waals surface area contributed by atoms with Gasteiger partial charge in [-0.2, -0.15) is 0 Å². The summed E-state index contributed by atoms with van der Waals surface area (Å²) in [5.74, 6) is -1.84. The van der Waals surface area contributed by atoms with E-state index in [0.717, 1.165) is 45.6 Å². The van der Waals surface area contributed by atoms with Gasteiger partial charge in [0.15, 0.2) is 0 Å². The van der Waals surface area contributed by atoms with Crippen molar-refractivity contribution in [1.82, 2.24) is 41.7 Å². The lowest BCUT2D eigenvalue weighted by Gasteiger charge is -2.33. The lowest BCUT2D eigenvalue weighted by atomic mass is 10.0. The molecule has 0 aromatic heterocycles. The number of carbonyl (C=O) groups is 7. The summed E-state index contributed by atoms with van der Waals surface area (Å²) in [7, 11) is 0. The summed E-state index contributed by atoms with van der Waals surface area (Å²) < 4.78 is 11.5. The molecule has 0 radical (unpaired) electrons. The Morgan fingerprint density at radius 2 is 1.47 bits per heavy atom. The van der Waals surface area contributed by atoms with Crippen molar-refractivity contribution < 1.29 is 43.0 Å². The van der Waals surface area contributed by atoms with E-state index in [9.17, 15) is 33.6 Å². The summed E-state index contributed by atoms with van der Waals surface area (Å²) in [5.41, 5.74) is 7.41. The molecule has 3 heterocycles. The largest absolute Gasteiger partial charge is 0.489 e. The lowest BCUT2D eigenvalue weighted by Crippen LogP contribution is -2.51. The molecule has 346 valence electrons. The van der Waals surface area contributed by atoms with Crippen molar-refractivity contribution in [2.75, 3.05) is 25.1 Å². The quantitative estimate of drug-likeness (QED) is 0.0648. The summed E-state index contributed by atoms with van der Waals surface area (Å²) in [6, 6.07) is 18.1. The summed E-state index contributed by atoms with van der Waals surface area (Å²) in [6.45, 7) is 15.8. The van der Waals surface area contributed by atoms with Gasteiger partial charge in [-0.15, -0.1) is 0 Å². The Morgan fingerprint density at radius 1 is 0.803 bits per heavy atom. The van der Waals surface area contributed by atoms with Crippen molar-refractivity contribution in [2.45, 2.75) is 77.5 Å². The molecule has 0 saturated carbocycles. The number of allylic oxidation sites excluding steroid dienone is 2. The molecule has 7 N–H and O–H groups in total. The number of hydrogen-bond acceptors (Lipinski definition) is 10. The van der Waals surface area contributed by atoms with Crippen molar-refractivity contribution in [3.05, 3.63) is 138 Å². The summed E-state index contributed by atoms with van der Waals surface area (Å²) in [6.07, 6.45) is 4.30. The molecule has 0 spiro atoms. The van der Waals surface area contributed by atoms with Gasteiger partial charge in [0, 0.05) is 60.5 Å². The second-order valence-electron chi connectivity index (χ2n) is 16.0. The first kappa shape index (κ1) is 47.7. The number of nitrogens with zero attached hydrogens (tertiary/aromatic N) is 2. The molecule has 66 heavy (non-hydrogen) atoms. The monoisotopic (exact) mass is 901 g/mol. The van der Waals surface area contributed by atoms with Gasteiger partial charge in [0.2, 0.25) is 29.5 Å². The van der Waals surface area contributed by atoms with Gasteiger partial charge >= 0.3 is 6.03 Å². The fourth-order valence-electron chi connectivity index (χ4n) is 7.31. The van der Waals surface area contributed by atoms with Gasteiger partial charge in [-0.3, -0.25) is 28.8 Å². The zero-order valence-electron chi connectivity index (χ0n) is 37.0. The highest BCUT2D eigenvalue weighted by atomic mass is 16.5. The van der Waals surface area contributed by atoms with E-state index in [1.807, 2.05) is 47.4 Å². The molecule has 1 saturated heterocycles. The van der Waals surface area contributed by atoms with Crippen LogP contribution in [-0.2, 0) is 59.8 Å². The minimum atomic E-state index is -0.938. The molecule has 1 fully saturated rings. The smallest absolute Gasteiger partial charge is 0.319 e. The van der Waals surface area contributed by atoms with Crippen molar-refractivity contribution >= 4 is 52.9 Å². The van der Waals surface area contributed by atoms with Crippen molar-refractivity contribution in [3.63, 3.8) is 0 Å². The maximum Gasteiger partial charge on any atom is 0.319 e. The van der Waals surface area contributed by atoms with Crippen LogP contribution in [0.4, 0.5) is 10.5 Å². The van der Waals surface area contributed by atoms with Gasteiger partial charge in [-0.25, -0.2) is 4.79 Å². The Labute approximate surface area is 382 Å². The van der Waals surface area contributed by atoms with Crippen molar-refractivity contribution in [3.8, 4) is 5.75 Å². The number of ether oxygens (including phenoxy) is 2. The molecule has 3 aromatic carbocycles. The number of benzene rings is 3. The predicted molar refractivity (Wildman–Crippen MR) is 245 cm³/mol.